The Labute approximate surface area is 476 Å². The van der Waals surface area contributed by atoms with Crippen LogP contribution in [0.1, 0.15) is 117 Å². The lowest BCUT2D eigenvalue weighted by Crippen LogP contribution is -2.65. The smallest absolute Gasteiger partial charge is 0.312 e. The number of nitrogens with one attached hydrogen (secondary N) is 3. The molecule has 2 atom stereocenters. The lowest BCUT2D eigenvalue weighted by molar-refractivity contribution is -0.384. The van der Waals surface area contributed by atoms with Crippen molar-refractivity contribution in [2.75, 3.05) is 69.7 Å². The van der Waals surface area contributed by atoms with Crippen LogP contribution >= 0.6 is 0 Å². The van der Waals surface area contributed by atoms with Gasteiger partial charge in [0.15, 0.2) is 17.1 Å². The average molecular weight is 1140 g/mol. The van der Waals surface area contributed by atoms with Crippen molar-refractivity contribution in [3.8, 4) is 23.1 Å². The number of aliphatic hydroxyl groups is 1. The minimum Gasteiger partial charge on any atom is -0.493 e. The molecule has 11 rings (SSSR count). The van der Waals surface area contributed by atoms with Gasteiger partial charge < -0.3 is 38.9 Å². The van der Waals surface area contributed by atoms with E-state index in [9.17, 15) is 28.4 Å². The summed E-state index contributed by atoms with van der Waals surface area (Å²) in [6.07, 6.45) is 7.59. The first-order valence-electron chi connectivity index (χ1n) is 28.5. The van der Waals surface area contributed by atoms with Crippen LogP contribution in [0.25, 0.3) is 22.0 Å². The van der Waals surface area contributed by atoms with Crippen LogP contribution in [0, 0.1) is 34.2 Å². The predicted molar refractivity (Wildman–Crippen MR) is 310 cm³/mol. The summed E-state index contributed by atoms with van der Waals surface area (Å²) in [5, 5.41) is 26.9. The van der Waals surface area contributed by atoms with E-state index in [4.69, 9.17) is 18.6 Å². The highest BCUT2D eigenvalue weighted by Crippen LogP contribution is 2.48. The number of likely N-dealkylation sites (tertiary alicyclic amines) is 2. The molecule has 0 radical (unpaired) electrons. The summed E-state index contributed by atoms with van der Waals surface area (Å²) in [5.74, 6) is 0.556. The normalized spacial score (nSPS) is 21.4. The summed E-state index contributed by atoms with van der Waals surface area (Å²) in [6.45, 7) is 16.7. The van der Waals surface area contributed by atoms with E-state index in [1.165, 1.54) is 28.8 Å². The molecule has 4 aliphatic rings. The number of aromatic amines is 1. The number of pyridine rings is 2. The van der Waals surface area contributed by atoms with Crippen molar-refractivity contribution in [2.24, 2.45) is 11.3 Å². The van der Waals surface area contributed by atoms with Gasteiger partial charge >= 0.3 is 5.69 Å². The zero-order chi connectivity index (χ0) is 57.7. The first-order valence-corrected chi connectivity index (χ1v) is 29.9. The standard InChI is InChI=1S/C61H72FN9O10S/c1-7-79-59-54(29-47-49(62)32-65-56(47)66-59)81-53-27-41(13-14-45(53)58(72)67-82(76,77)42-28-51(71(74)75)57(64-31-42)63-30-39-16-19-60(5,73)20-17-39)69-24-21-61(22-25-69)35-70(36-61)50-18-23-68(34-48(50)44-11-9-8-10-43(44)37(2)3)33-40-12-15-52(78-6)55-46(40)26-38(4)80-55/h8-15,26-29,31-32,37,39,48,50,73H,7,16-25,30,33-36H2,1-6H3,(H,63,64)(H,65,66)(H,67,72). The average Bonchev–Trinajstić information content (AvgIpc) is 4.14. The zero-order valence-electron chi connectivity index (χ0n) is 47.3. The number of ether oxygens (including phenoxy) is 3. The number of furan rings is 1. The number of methoxy groups -OCH3 is 1. The largest absolute Gasteiger partial charge is 0.493 e. The van der Waals surface area contributed by atoms with Crippen LogP contribution in [0.2, 0.25) is 0 Å². The van der Waals surface area contributed by atoms with Crippen molar-refractivity contribution >= 4 is 55.1 Å². The second-order valence-corrected chi connectivity index (χ2v) is 25.2. The van der Waals surface area contributed by atoms with Gasteiger partial charge in [-0.3, -0.25) is 24.7 Å². The molecular formula is C61H72FN9O10S. The second-order valence-electron chi connectivity index (χ2n) is 23.5. The molecule has 4 N–H and O–H groups in total. The van der Waals surface area contributed by atoms with E-state index in [0.29, 0.717) is 63.2 Å². The number of nitro groups is 1. The number of aryl methyl sites for hydroxylation is 1. The molecule has 1 spiro atoms. The summed E-state index contributed by atoms with van der Waals surface area (Å²) in [5.41, 5.74) is 4.35. The van der Waals surface area contributed by atoms with Gasteiger partial charge in [-0.2, -0.15) is 4.98 Å². The van der Waals surface area contributed by atoms with Crippen molar-refractivity contribution in [1.82, 2.24) is 29.5 Å². The fourth-order valence-electron chi connectivity index (χ4n) is 12.9. The highest BCUT2D eigenvalue weighted by Gasteiger charge is 2.50. The minimum atomic E-state index is -4.76. The van der Waals surface area contributed by atoms with Crippen molar-refractivity contribution in [3.63, 3.8) is 0 Å². The summed E-state index contributed by atoms with van der Waals surface area (Å²) in [7, 11) is -3.08. The molecule has 3 aliphatic heterocycles. The Morgan fingerprint density at radius 2 is 1.76 bits per heavy atom. The number of nitrogens with zero attached hydrogens (tertiary/aromatic N) is 6. The Kier molecular flexibility index (Phi) is 15.7. The third-order valence-electron chi connectivity index (χ3n) is 17.5. The molecule has 1 amide bonds. The first-order chi connectivity index (χ1) is 39.3. The highest BCUT2D eigenvalue weighted by molar-refractivity contribution is 7.90. The number of H-pyrrole nitrogens is 1. The Morgan fingerprint density at radius 1 is 0.988 bits per heavy atom. The molecule has 7 aromatic rings. The number of carbonyl (C=O) groups is 1. The molecule has 4 fully saturated rings. The van der Waals surface area contributed by atoms with Crippen LogP contribution in [-0.4, -0.2) is 120 Å². The molecule has 1 saturated carbocycles. The third-order valence-corrected chi connectivity index (χ3v) is 18.8. The van der Waals surface area contributed by atoms with Gasteiger partial charge in [-0.15, -0.1) is 0 Å². The van der Waals surface area contributed by atoms with Crippen LogP contribution in [0.15, 0.2) is 94.5 Å². The van der Waals surface area contributed by atoms with Crippen LogP contribution in [0.3, 0.4) is 0 Å². The van der Waals surface area contributed by atoms with E-state index in [1.54, 1.807) is 33.1 Å². The predicted octanol–water partition coefficient (Wildman–Crippen LogP) is 10.8. The van der Waals surface area contributed by atoms with E-state index < -0.39 is 42.9 Å². The molecule has 0 bridgehead atoms. The molecule has 3 saturated heterocycles. The SMILES string of the molecule is CCOc1nc2[nH]cc(F)c2cc1Oc1cc(N2CCC3(CC2)CN(C2CCN(Cc4ccc(OC)c5oc(C)cc45)CC2c2ccccc2C(C)C)C3)ccc1C(=O)NS(=O)(=O)c1cnc(NCC2CCC(C)(O)CC2)c([N+](=O)[O-])c1. The van der Waals surface area contributed by atoms with E-state index in [0.717, 1.165) is 98.6 Å². The van der Waals surface area contributed by atoms with Crippen molar-refractivity contribution in [1.29, 1.82) is 0 Å². The molecule has 7 heterocycles. The number of carbonyl (C=O) groups excluding carboxylic acids is 1. The Morgan fingerprint density at radius 3 is 2.49 bits per heavy atom. The van der Waals surface area contributed by atoms with Gasteiger partial charge in [-0.05, 0) is 124 Å². The van der Waals surface area contributed by atoms with Gasteiger partial charge in [0.1, 0.15) is 27.9 Å². The summed E-state index contributed by atoms with van der Waals surface area (Å²) in [6, 6.07) is 22.8. The van der Waals surface area contributed by atoms with E-state index in [-0.39, 0.29) is 57.7 Å². The molecule has 2 unspecified atom stereocenters. The summed E-state index contributed by atoms with van der Waals surface area (Å²) < 4.78 is 69.1. The van der Waals surface area contributed by atoms with E-state index in [1.807, 2.05) is 13.0 Å². The lowest BCUT2D eigenvalue weighted by Gasteiger charge is -2.59. The van der Waals surface area contributed by atoms with Crippen LogP contribution in [0.4, 0.5) is 21.6 Å². The number of hydrogen-bond acceptors (Lipinski definition) is 16. The number of benzene rings is 3. The number of rotatable bonds is 18. The Bertz CT molecular complexity index is 3630. The quantitative estimate of drug-likeness (QED) is 0.0462. The summed E-state index contributed by atoms with van der Waals surface area (Å²) >= 11 is 0. The van der Waals surface area contributed by atoms with E-state index in [2.05, 4.69) is 89.9 Å². The Balaban J connectivity index is 0.811. The van der Waals surface area contributed by atoms with Gasteiger partial charge in [0, 0.05) is 99.8 Å². The monoisotopic (exact) mass is 1140 g/mol. The van der Waals surface area contributed by atoms with Crippen LogP contribution < -0.4 is 29.1 Å². The lowest BCUT2D eigenvalue weighted by atomic mass is 9.69. The molecule has 3 aromatic carbocycles. The number of amides is 1. The van der Waals surface area contributed by atoms with Gasteiger partial charge in [-0.25, -0.2) is 22.5 Å². The third kappa shape index (κ3) is 11.6. The summed E-state index contributed by atoms with van der Waals surface area (Å²) in [4.78, 5) is 44.2. The molecule has 4 aromatic heterocycles. The zero-order valence-corrected chi connectivity index (χ0v) is 48.1. The van der Waals surface area contributed by atoms with Gasteiger partial charge in [0.2, 0.25) is 5.82 Å². The number of hydrogen-bond donors (Lipinski definition) is 4. The van der Waals surface area contributed by atoms with Gasteiger partial charge in [0.05, 0.1) is 41.4 Å². The van der Waals surface area contributed by atoms with E-state index >= 15 is 4.39 Å². The molecule has 1 aliphatic carbocycles. The number of aromatic nitrogens is 3. The minimum absolute atomic E-state index is 0.0122. The Hall–Kier alpha value is -7.33. The molecule has 434 valence electrons. The first kappa shape index (κ1) is 56.5. The molecular weight excluding hydrogens is 1070 g/mol. The van der Waals surface area contributed by atoms with Gasteiger partial charge in [0.25, 0.3) is 21.8 Å². The number of fused-ring (bicyclic) bond motifs is 2. The van der Waals surface area contributed by atoms with Crippen LogP contribution in [0.5, 0.6) is 23.1 Å². The fourth-order valence-corrected chi connectivity index (χ4v) is 13.8. The molecule has 19 nitrogen and oxygen atoms in total. The maximum Gasteiger partial charge on any atom is 0.312 e. The maximum atomic E-state index is 15.0. The van der Waals surface area contributed by atoms with Crippen molar-refractivity contribution < 1.29 is 46.3 Å². The topological polar surface area (TPSA) is 231 Å². The fraction of sp³-hybridized carbons (Fsp3) is 0.459. The molecule has 21 heteroatoms. The van der Waals surface area contributed by atoms with Gasteiger partial charge in [-0.1, -0.05) is 44.2 Å². The number of sulfonamides is 1. The number of anilines is 2. The van der Waals surface area contributed by atoms with Crippen molar-refractivity contribution in [3.05, 3.63) is 129 Å². The number of halogens is 1. The molecule has 82 heavy (non-hydrogen) atoms. The number of piperidine rings is 2. The second kappa shape index (κ2) is 22.8. The highest BCUT2D eigenvalue weighted by atomic mass is 32.2. The maximum absolute atomic E-state index is 15.0. The van der Waals surface area contributed by atoms with Crippen LogP contribution in [-0.2, 0) is 16.6 Å². The van der Waals surface area contributed by atoms with Crippen molar-refractivity contribution in [2.45, 2.75) is 114 Å².